The van der Waals surface area contributed by atoms with Crippen LogP contribution in [0.3, 0.4) is 0 Å². The first-order valence-corrected chi connectivity index (χ1v) is 5.64. The van der Waals surface area contributed by atoms with Gasteiger partial charge in [0.2, 0.25) is 0 Å². The molecule has 1 aromatic carbocycles. The molecule has 3 nitrogen and oxygen atoms in total. The summed E-state index contributed by atoms with van der Waals surface area (Å²) < 4.78 is 11.3. The number of hydrogen-bond acceptors (Lipinski definition) is 3. The fourth-order valence-electron chi connectivity index (χ4n) is 2.12. The standard InChI is InChI=1S/C13H18O3/c1-4-15-11-5-9-7-13(2,3)16-12(9)10(6-11)8-14/h5-6,14H,4,7-8H2,1-3H3. The molecule has 0 radical (unpaired) electrons. The molecule has 88 valence electrons. The molecule has 1 N–H and O–H groups in total. The molecule has 0 saturated heterocycles. The highest BCUT2D eigenvalue weighted by molar-refractivity contribution is 5.50. The molecule has 0 atom stereocenters. The molecule has 1 aliphatic heterocycles. The van der Waals surface area contributed by atoms with Crippen molar-refractivity contribution in [1.29, 1.82) is 0 Å². The van der Waals surface area contributed by atoms with Crippen molar-refractivity contribution in [3.63, 3.8) is 0 Å². The van der Waals surface area contributed by atoms with Gasteiger partial charge >= 0.3 is 0 Å². The predicted octanol–water partition coefficient (Wildman–Crippen LogP) is 2.29. The fourth-order valence-corrected chi connectivity index (χ4v) is 2.12. The fraction of sp³-hybridized carbons (Fsp3) is 0.538. The van der Waals surface area contributed by atoms with Gasteiger partial charge in [0.15, 0.2) is 0 Å². The van der Waals surface area contributed by atoms with Crippen molar-refractivity contribution in [3.05, 3.63) is 23.3 Å². The smallest absolute Gasteiger partial charge is 0.129 e. The van der Waals surface area contributed by atoms with E-state index in [1.54, 1.807) is 0 Å². The third-order valence-electron chi connectivity index (χ3n) is 2.69. The first-order valence-electron chi connectivity index (χ1n) is 5.64. The average Bonchev–Trinajstić information content (AvgIpc) is 2.51. The SMILES string of the molecule is CCOc1cc(CO)c2c(c1)CC(C)(C)O2. The van der Waals surface area contributed by atoms with E-state index in [1.165, 1.54) is 0 Å². The Hall–Kier alpha value is -1.22. The van der Waals surface area contributed by atoms with Crippen LogP contribution in [0, 0.1) is 0 Å². The minimum atomic E-state index is -0.183. The lowest BCUT2D eigenvalue weighted by Crippen LogP contribution is -2.24. The van der Waals surface area contributed by atoms with Crippen LogP contribution in [-0.4, -0.2) is 17.3 Å². The molecule has 0 saturated carbocycles. The minimum absolute atomic E-state index is 0.0146. The number of hydrogen-bond donors (Lipinski definition) is 1. The van der Waals surface area contributed by atoms with Crippen molar-refractivity contribution >= 4 is 0 Å². The van der Waals surface area contributed by atoms with E-state index in [-0.39, 0.29) is 12.2 Å². The number of benzene rings is 1. The van der Waals surface area contributed by atoms with Crippen molar-refractivity contribution in [2.45, 2.75) is 39.4 Å². The second-order valence-electron chi connectivity index (χ2n) is 4.70. The van der Waals surface area contributed by atoms with Crippen LogP contribution in [-0.2, 0) is 13.0 Å². The van der Waals surface area contributed by atoms with E-state index in [0.29, 0.717) is 6.61 Å². The summed E-state index contributed by atoms with van der Waals surface area (Å²) in [6.45, 7) is 6.67. The van der Waals surface area contributed by atoms with E-state index < -0.39 is 0 Å². The van der Waals surface area contributed by atoms with Crippen LogP contribution in [0.1, 0.15) is 31.9 Å². The van der Waals surface area contributed by atoms with E-state index >= 15 is 0 Å². The first kappa shape index (κ1) is 11.3. The lowest BCUT2D eigenvalue weighted by molar-refractivity contribution is 0.134. The summed E-state index contributed by atoms with van der Waals surface area (Å²) in [6, 6.07) is 3.86. The van der Waals surface area contributed by atoms with Gasteiger partial charge in [0.1, 0.15) is 17.1 Å². The lowest BCUT2D eigenvalue weighted by atomic mass is 10.0. The number of ether oxygens (including phenoxy) is 2. The zero-order valence-corrected chi connectivity index (χ0v) is 10.0. The van der Waals surface area contributed by atoms with Gasteiger partial charge < -0.3 is 14.6 Å². The van der Waals surface area contributed by atoms with Crippen molar-refractivity contribution < 1.29 is 14.6 Å². The molecule has 0 unspecified atom stereocenters. The number of aliphatic hydroxyl groups excluding tert-OH is 1. The van der Waals surface area contributed by atoms with Gasteiger partial charge in [-0.05, 0) is 32.9 Å². The summed E-state index contributed by atoms with van der Waals surface area (Å²) in [4.78, 5) is 0. The monoisotopic (exact) mass is 222 g/mol. The van der Waals surface area contributed by atoms with Crippen LogP contribution < -0.4 is 9.47 Å². The second kappa shape index (κ2) is 3.98. The highest BCUT2D eigenvalue weighted by Crippen LogP contribution is 2.40. The number of rotatable bonds is 3. The number of fused-ring (bicyclic) bond motifs is 1. The molecule has 1 aromatic rings. The molecular formula is C13H18O3. The number of aliphatic hydroxyl groups is 1. The Labute approximate surface area is 96.0 Å². The van der Waals surface area contributed by atoms with E-state index in [2.05, 4.69) is 13.8 Å². The van der Waals surface area contributed by atoms with E-state index in [9.17, 15) is 5.11 Å². The van der Waals surface area contributed by atoms with Gasteiger partial charge in [-0.1, -0.05) is 0 Å². The molecule has 0 aliphatic carbocycles. The van der Waals surface area contributed by atoms with Gasteiger partial charge in [0.25, 0.3) is 0 Å². The van der Waals surface area contributed by atoms with Crippen LogP contribution in [0.5, 0.6) is 11.5 Å². The Morgan fingerprint density at radius 3 is 2.81 bits per heavy atom. The third kappa shape index (κ3) is 2.00. The Balaban J connectivity index is 2.41. The van der Waals surface area contributed by atoms with Crippen molar-refractivity contribution in [2.24, 2.45) is 0 Å². The normalized spacial score (nSPS) is 16.8. The van der Waals surface area contributed by atoms with E-state index in [1.807, 2.05) is 19.1 Å². The van der Waals surface area contributed by atoms with E-state index in [0.717, 1.165) is 29.0 Å². The van der Waals surface area contributed by atoms with Gasteiger partial charge in [-0.15, -0.1) is 0 Å². The molecule has 1 heterocycles. The van der Waals surface area contributed by atoms with Gasteiger partial charge in [-0.3, -0.25) is 0 Å². The minimum Gasteiger partial charge on any atom is -0.494 e. The maximum atomic E-state index is 9.33. The summed E-state index contributed by atoms with van der Waals surface area (Å²) >= 11 is 0. The molecule has 2 rings (SSSR count). The topological polar surface area (TPSA) is 38.7 Å². The van der Waals surface area contributed by atoms with Gasteiger partial charge in [0, 0.05) is 17.5 Å². The van der Waals surface area contributed by atoms with Crippen LogP contribution in [0.25, 0.3) is 0 Å². The first-order chi connectivity index (χ1) is 7.55. The average molecular weight is 222 g/mol. The highest BCUT2D eigenvalue weighted by atomic mass is 16.5. The Morgan fingerprint density at radius 1 is 1.44 bits per heavy atom. The highest BCUT2D eigenvalue weighted by Gasteiger charge is 2.32. The quantitative estimate of drug-likeness (QED) is 0.852. The molecule has 0 spiro atoms. The van der Waals surface area contributed by atoms with Gasteiger partial charge in [-0.2, -0.15) is 0 Å². The molecule has 0 aromatic heterocycles. The summed E-state index contributed by atoms with van der Waals surface area (Å²) in [6.07, 6.45) is 0.857. The summed E-state index contributed by atoms with van der Waals surface area (Å²) in [5, 5.41) is 9.33. The maximum Gasteiger partial charge on any atom is 0.129 e. The molecular weight excluding hydrogens is 204 g/mol. The predicted molar refractivity (Wildman–Crippen MR) is 61.9 cm³/mol. The van der Waals surface area contributed by atoms with Gasteiger partial charge in [0.05, 0.1) is 13.2 Å². The summed E-state index contributed by atoms with van der Waals surface area (Å²) in [5.74, 6) is 1.64. The van der Waals surface area contributed by atoms with E-state index in [4.69, 9.17) is 9.47 Å². The summed E-state index contributed by atoms with van der Waals surface area (Å²) in [5.41, 5.74) is 1.75. The molecule has 1 aliphatic rings. The van der Waals surface area contributed by atoms with Crippen molar-refractivity contribution in [3.8, 4) is 11.5 Å². The molecule has 3 heteroatoms. The Bertz CT molecular complexity index is 396. The molecule has 0 bridgehead atoms. The Morgan fingerprint density at radius 2 is 2.19 bits per heavy atom. The molecule has 0 amide bonds. The largest absolute Gasteiger partial charge is 0.494 e. The van der Waals surface area contributed by atoms with Crippen LogP contribution in [0.2, 0.25) is 0 Å². The van der Waals surface area contributed by atoms with Gasteiger partial charge in [-0.25, -0.2) is 0 Å². The van der Waals surface area contributed by atoms with Crippen molar-refractivity contribution in [1.82, 2.24) is 0 Å². The zero-order chi connectivity index (χ0) is 11.8. The van der Waals surface area contributed by atoms with Crippen LogP contribution >= 0.6 is 0 Å². The molecule has 0 fully saturated rings. The van der Waals surface area contributed by atoms with Crippen LogP contribution in [0.4, 0.5) is 0 Å². The molecule has 16 heavy (non-hydrogen) atoms. The lowest BCUT2D eigenvalue weighted by Gasteiger charge is -2.17. The second-order valence-corrected chi connectivity index (χ2v) is 4.70. The third-order valence-corrected chi connectivity index (χ3v) is 2.69. The maximum absolute atomic E-state index is 9.33. The zero-order valence-electron chi connectivity index (χ0n) is 10.0. The van der Waals surface area contributed by atoms with Crippen LogP contribution in [0.15, 0.2) is 12.1 Å². The van der Waals surface area contributed by atoms with Crippen molar-refractivity contribution in [2.75, 3.05) is 6.61 Å². The summed E-state index contributed by atoms with van der Waals surface area (Å²) in [7, 11) is 0. The Kier molecular flexibility index (Phi) is 2.80.